The number of nitrogens with zero attached hydrogens (tertiary/aromatic N) is 1. The van der Waals surface area contributed by atoms with Crippen LogP contribution in [0.2, 0.25) is 0 Å². The number of rotatable bonds is 3. The van der Waals surface area contributed by atoms with Gasteiger partial charge in [0.1, 0.15) is 0 Å². The lowest BCUT2D eigenvalue weighted by atomic mass is 9.77. The van der Waals surface area contributed by atoms with Gasteiger partial charge in [-0.15, -0.1) is 0 Å². The van der Waals surface area contributed by atoms with Crippen LogP contribution in [0.3, 0.4) is 0 Å². The van der Waals surface area contributed by atoms with Crippen LogP contribution in [0.25, 0.3) is 0 Å². The SMILES string of the molecule is CCC1(CO)CCN(C(=O)C(=O)Nc2ccc(C)c(C)c2)CC1. The van der Waals surface area contributed by atoms with E-state index in [0.29, 0.717) is 18.8 Å². The number of aliphatic hydroxyl groups is 1. The van der Waals surface area contributed by atoms with E-state index < -0.39 is 11.8 Å². The zero-order chi connectivity index (χ0) is 17.0. The van der Waals surface area contributed by atoms with Gasteiger partial charge >= 0.3 is 11.8 Å². The Morgan fingerprint density at radius 3 is 2.39 bits per heavy atom. The van der Waals surface area contributed by atoms with Gasteiger partial charge in [0.05, 0.1) is 0 Å². The molecule has 0 saturated carbocycles. The number of aliphatic hydroxyl groups excluding tert-OH is 1. The van der Waals surface area contributed by atoms with E-state index in [1.165, 1.54) is 0 Å². The summed E-state index contributed by atoms with van der Waals surface area (Å²) >= 11 is 0. The molecule has 2 N–H and O–H groups in total. The fraction of sp³-hybridized carbons (Fsp3) is 0.556. The number of hydrogen-bond acceptors (Lipinski definition) is 3. The third-order valence-corrected chi connectivity index (χ3v) is 5.16. The molecule has 0 spiro atoms. The topological polar surface area (TPSA) is 69.6 Å². The molecule has 126 valence electrons. The smallest absolute Gasteiger partial charge is 0.313 e. The van der Waals surface area contributed by atoms with Crippen molar-refractivity contribution in [2.45, 2.75) is 40.0 Å². The van der Waals surface area contributed by atoms with Gasteiger partial charge in [0.15, 0.2) is 0 Å². The van der Waals surface area contributed by atoms with Crippen LogP contribution in [-0.2, 0) is 9.59 Å². The molecule has 0 atom stereocenters. The summed E-state index contributed by atoms with van der Waals surface area (Å²) in [7, 11) is 0. The van der Waals surface area contributed by atoms with Crippen LogP contribution in [-0.4, -0.2) is 41.5 Å². The predicted octanol–water partition coefficient (Wildman–Crippen LogP) is 2.25. The molecule has 1 saturated heterocycles. The first-order valence-electron chi connectivity index (χ1n) is 8.19. The van der Waals surface area contributed by atoms with Crippen molar-refractivity contribution >= 4 is 17.5 Å². The second kappa shape index (κ2) is 7.13. The minimum atomic E-state index is -0.596. The molecule has 1 aliphatic heterocycles. The minimum Gasteiger partial charge on any atom is -0.396 e. The molecule has 2 amide bonds. The molecule has 23 heavy (non-hydrogen) atoms. The maximum absolute atomic E-state index is 12.3. The summed E-state index contributed by atoms with van der Waals surface area (Å²) in [5, 5.41) is 12.2. The molecular weight excluding hydrogens is 292 g/mol. The van der Waals surface area contributed by atoms with Gasteiger partial charge in [0.25, 0.3) is 0 Å². The maximum atomic E-state index is 12.3. The van der Waals surface area contributed by atoms with Crippen LogP contribution in [0, 0.1) is 19.3 Å². The van der Waals surface area contributed by atoms with E-state index in [4.69, 9.17) is 0 Å². The van der Waals surface area contributed by atoms with Crippen molar-refractivity contribution in [3.8, 4) is 0 Å². The number of carbonyl (C=O) groups is 2. The zero-order valence-electron chi connectivity index (χ0n) is 14.2. The Hall–Kier alpha value is -1.88. The second-order valence-electron chi connectivity index (χ2n) is 6.56. The Morgan fingerprint density at radius 2 is 1.87 bits per heavy atom. The van der Waals surface area contributed by atoms with Gasteiger partial charge in [-0.05, 0) is 61.8 Å². The Kier molecular flexibility index (Phi) is 5.42. The number of amides is 2. The highest BCUT2D eigenvalue weighted by Gasteiger charge is 2.35. The average molecular weight is 318 g/mol. The third-order valence-electron chi connectivity index (χ3n) is 5.16. The first-order valence-corrected chi connectivity index (χ1v) is 8.19. The summed E-state index contributed by atoms with van der Waals surface area (Å²) in [5.74, 6) is -1.09. The highest BCUT2D eigenvalue weighted by atomic mass is 16.3. The first-order chi connectivity index (χ1) is 10.9. The number of nitrogens with one attached hydrogen (secondary N) is 1. The molecule has 0 bridgehead atoms. The molecule has 2 rings (SSSR count). The Balaban J connectivity index is 1.95. The monoisotopic (exact) mass is 318 g/mol. The lowest BCUT2D eigenvalue weighted by molar-refractivity contribution is -0.145. The van der Waals surface area contributed by atoms with E-state index in [1.54, 1.807) is 11.0 Å². The maximum Gasteiger partial charge on any atom is 0.313 e. The minimum absolute atomic E-state index is 0.0959. The largest absolute Gasteiger partial charge is 0.396 e. The summed E-state index contributed by atoms with van der Waals surface area (Å²) in [6.07, 6.45) is 2.37. The number of benzene rings is 1. The van der Waals surface area contributed by atoms with Gasteiger partial charge in [-0.25, -0.2) is 0 Å². The van der Waals surface area contributed by atoms with E-state index in [-0.39, 0.29) is 12.0 Å². The summed E-state index contributed by atoms with van der Waals surface area (Å²) in [6.45, 7) is 7.21. The molecule has 1 fully saturated rings. The number of aryl methyl sites for hydroxylation is 2. The third kappa shape index (κ3) is 3.91. The number of likely N-dealkylation sites (tertiary alicyclic amines) is 1. The van der Waals surface area contributed by atoms with Gasteiger partial charge in [-0.1, -0.05) is 13.0 Å². The summed E-state index contributed by atoms with van der Waals surface area (Å²) in [6, 6.07) is 5.59. The van der Waals surface area contributed by atoms with E-state index in [9.17, 15) is 14.7 Å². The molecule has 5 nitrogen and oxygen atoms in total. The lowest BCUT2D eigenvalue weighted by Crippen LogP contribution is -2.48. The van der Waals surface area contributed by atoms with Crippen LogP contribution >= 0.6 is 0 Å². The van der Waals surface area contributed by atoms with Crippen LogP contribution in [0.4, 0.5) is 5.69 Å². The molecular formula is C18H26N2O3. The van der Waals surface area contributed by atoms with Crippen molar-refractivity contribution in [1.29, 1.82) is 0 Å². The van der Waals surface area contributed by atoms with Gasteiger partial charge in [-0.2, -0.15) is 0 Å². The van der Waals surface area contributed by atoms with Crippen LogP contribution in [0.15, 0.2) is 18.2 Å². The van der Waals surface area contributed by atoms with Crippen LogP contribution < -0.4 is 5.32 Å². The van der Waals surface area contributed by atoms with E-state index in [0.717, 1.165) is 30.4 Å². The zero-order valence-corrected chi connectivity index (χ0v) is 14.2. The molecule has 0 aliphatic carbocycles. The van der Waals surface area contributed by atoms with Crippen molar-refractivity contribution in [3.63, 3.8) is 0 Å². The van der Waals surface area contributed by atoms with Gasteiger partial charge in [0.2, 0.25) is 0 Å². The second-order valence-corrected chi connectivity index (χ2v) is 6.56. The normalized spacial score (nSPS) is 17.0. The molecule has 5 heteroatoms. The molecule has 0 unspecified atom stereocenters. The Labute approximate surface area is 137 Å². The number of hydrogen-bond donors (Lipinski definition) is 2. The van der Waals surface area contributed by atoms with E-state index in [1.807, 2.05) is 26.0 Å². The van der Waals surface area contributed by atoms with E-state index >= 15 is 0 Å². The van der Waals surface area contributed by atoms with Crippen molar-refractivity contribution in [2.75, 3.05) is 25.0 Å². The van der Waals surface area contributed by atoms with Crippen LogP contribution in [0.5, 0.6) is 0 Å². The molecule has 0 radical (unpaired) electrons. The molecule has 1 aromatic carbocycles. The fourth-order valence-electron chi connectivity index (χ4n) is 2.95. The first kappa shape index (κ1) is 17.5. The average Bonchev–Trinajstić information content (AvgIpc) is 2.57. The number of piperidine rings is 1. The van der Waals surface area contributed by atoms with Crippen molar-refractivity contribution in [2.24, 2.45) is 5.41 Å². The standard InChI is InChI=1S/C18H26N2O3/c1-4-18(12-21)7-9-20(10-8-18)17(23)16(22)19-15-6-5-13(2)14(3)11-15/h5-6,11,21H,4,7-10,12H2,1-3H3,(H,19,22). The fourth-order valence-corrected chi connectivity index (χ4v) is 2.95. The highest BCUT2D eigenvalue weighted by Crippen LogP contribution is 2.34. The van der Waals surface area contributed by atoms with Crippen LogP contribution in [0.1, 0.15) is 37.3 Å². The van der Waals surface area contributed by atoms with Gasteiger partial charge in [-0.3, -0.25) is 9.59 Å². The number of anilines is 1. The molecule has 1 aliphatic rings. The number of carbonyl (C=O) groups excluding carboxylic acids is 2. The summed E-state index contributed by atoms with van der Waals surface area (Å²) in [4.78, 5) is 26.0. The van der Waals surface area contributed by atoms with E-state index in [2.05, 4.69) is 12.2 Å². The Bertz CT molecular complexity index is 584. The van der Waals surface area contributed by atoms with Gasteiger partial charge < -0.3 is 15.3 Å². The van der Waals surface area contributed by atoms with Crippen molar-refractivity contribution in [3.05, 3.63) is 29.3 Å². The molecule has 1 heterocycles. The molecule has 1 aromatic rings. The quantitative estimate of drug-likeness (QED) is 0.840. The van der Waals surface area contributed by atoms with Crippen molar-refractivity contribution in [1.82, 2.24) is 4.90 Å². The lowest BCUT2D eigenvalue weighted by Gasteiger charge is -2.39. The highest BCUT2D eigenvalue weighted by molar-refractivity contribution is 6.39. The molecule has 0 aromatic heterocycles. The predicted molar refractivity (Wildman–Crippen MR) is 90.2 cm³/mol. The summed E-state index contributed by atoms with van der Waals surface area (Å²) in [5.41, 5.74) is 2.76. The van der Waals surface area contributed by atoms with Gasteiger partial charge in [0, 0.05) is 25.4 Å². The van der Waals surface area contributed by atoms with Crippen molar-refractivity contribution < 1.29 is 14.7 Å². The Morgan fingerprint density at radius 1 is 1.22 bits per heavy atom. The summed E-state index contributed by atoms with van der Waals surface area (Å²) < 4.78 is 0.